The van der Waals surface area contributed by atoms with Crippen molar-refractivity contribution >= 4 is 17.4 Å². The Balaban J connectivity index is 1.82. The van der Waals surface area contributed by atoms with Crippen molar-refractivity contribution in [3.05, 3.63) is 35.9 Å². The Morgan fingerprint density at radius 3 is 2.83 bits per heavy atom. The van der Waals surface area contributed by atoms with Gasteiger partial charge in [-0.15, -0.1) is 0 Å². The Morgan fingerprint density at radius 1 is 1.33 bits per heavy atom. The molecule has 0 bridgehead atoms. The van der Waals surface area contributed by atoms with Gasteiger partial charge in [-0.2, -0.15) is 0 Å². The first-order valence-electron chi connectivity index (χ1n) is 8.40. The Morgan fingerprint density at radius 2 is 2.08 bits per heavy atom. The molecule has 0 unspecified atom stereocenters. The second kappa shape index (κ2) is 6.67. The summed E-state index contributed by atoms with van der Waals surface area (Å²) in [5, 5.41) is 0. The van der Waals surface area contributed by atoms with E-state index >= 15 is 0 Å². The second-order valence-corrected chi connectivity index (χ2v) is 6.59. The molecule has 5 heteroatoms. The summed E-state index contributed by atoms with van der Waals surface area (Å²) < 4.78 is 5.37. The summed E-state index contributed by atoms with van der Waals surface area (Å²) in [6.45, 7) is 3.27. The number of amides is 2. The highest BCUT2D eigenvalue weighted by Crippen LogP contribution is 2.32. The van der Waals surface area contributed by atoms with Crippen molar-refractivity contribution in [1.82, 2.24) is 9.80 Å². The Hall–Kier alpha value is -2.30. The summed E-state index contributed by atoms with van der Waals surface area (Å²) >= 11 is 0. The van der Waals surface area contributed by atoms with Crippen LogP contribution < -0.4 is 4.74 Å². The third-order valence-corrected chi connectivity index (χ3v) is 5.09. The van der Waals surface area contributed by atoms with Crippen LogP contribution in [0.3, 0.4) is 0 Å². The van der Waals surface area contributed by atoms with Gasteiger partial charge in [-0.05, 0) is 31.4 Å². The Kier molecular flexibility index (Phi) is 4.60. The molecule has 0 radical (unpaired) electrons. The van der Waals surface area contributed by atoms with Crippen LogP contribution in [-0.2, 0) is 9.59 Å². The van der Waals surface area contributed by atoms with Crippen LogP contribution in [0.15, 0.2) is 30.3 Å². The van der Waals surface area contributed by atoms with Crippen LogP contribution in [0.1, 0.15) is 25.3 Å². The molecule has 2 saturated heterocycles. The maximum Gasteiger partial charge on any atom is 0.247 e. The lowest BCUT2D eigenvalue weighted by atomic mass is 9.91. The molecule has 2 aliphatic heterocycles. The number of para-hydroxylation sites is 1. The number of rotatable bonds is 3. The third kappa shape index (κ3) is 2.90. The highest BCUT2D eigenvalue weighted by molar-refractivity contribution is 5.96. The predicted octanol–water partition coefficient (Wildman–Crippen LogP) is 2.18. The van der Waals surface area contributed by atoms with Crippen LogP contribution in [0, 0.1) is 5.92 Å². The lowest BCUT2D eigenvalue weighted by Gasteiger charge is -2.35. The maximum atomic E-state index is 12.8. The molecular formula is C19H24N2O3. The first kappa shape index (κ1) is 16.6. The van der Waals surface area contributed by atoms with Gasteiger partial charge in [0.1, 0.15) is 5.75 Å². The topological polar surface area (TPSA) is 49.9 Å². The molecule has 3 rings (SSSR count). The summed E-state index contributed by atoms with van der Waals surface area (Å²) in [4.78, 5) is 28.6. The summed E-state index contributed by atoms with van der Waals surface area (Å²) in [5.41, 5.74) is 1.79. The quantitative estimate of drug-likeness (QED) is 0.799. The van der Waals surface area contributed by atoms with Crippen molar-refractivity contribution in [3.8, 4) is 5.75 Å². The molecule has 1 aromatic rings. The zero-order chi connectivity index (χ0) is 17.3. The molecule has 1 aromatic carbocycles. The van der Waals surface area contributed by atoms with E-state index in [1.165, 1.54) is 0 Å². The molecule has 2 aliphatic rings. The molecule has 2 amide bonds. The molecule has 0 aromatic heterocycles. The van der Waals surface area contributed by atoms with E-state index in [2.05, 4.69) is 0 Å². The van der Waals surface area contributed by atoms with E-state index < -0.39 is 0 Å². The molecular weight excluding hydrogens is 304 g/mol. The fourth-order valence-electron chi connectivity index (χ4n) is 3.81. The standard InChI is InChI=1S/C19H24N2O3/c1-13(14-7-4-5-9-17(14)24-3)11-18(22)21-10-6-8-15-16(21)12-20(2)19(15)23/h4-5,7,9,11,15-16H,6,8,10,12H2,1-3H3/b13-11+/t15-,16-/m1/s1. The minimum absolute atomic E-state index is 0.00506. The number of carbonyl (C=O) groups is 2. The number of likely N-dealkylation sites (N-methyl/N-ethyl adjacent to an activating group) is 1. The predicted molar refractivity (Wildman–Crippen MR) is 92.5 cm³/mol. The number of fused-ring (bicyclic) bond motifs is 1. The van der Waals surface area contributed by atoms with Gasteiger partial charge in [0.2, 0.25) is 11.8 Å². The lowest BCUT2D eigenvalue weighted by Crippen LogP contribution is -2.48. The number of carbonyl (C=O) groups excluding carboxylic acids is 2. The monoisotopic (exact) mass is 328 g/mol. The van der Waals surface area contributed by atoms with Crippen LogP contribution >= 0.6 is 0 Å². The number of benzene rings is 1. The van der Waals surface area contributed by atoms with E-state index in [4.69, 9.17) is 4.74 Å². The van der Waals surface area contributed by atoms with Gasteiger partial charge in [0.05, 0.1) is 19.1 Å². The van der Waals surface area contributed by atoms with E-state index in [1.54, 1.807) is 18.1 Å². The highest BCUT2D eigenvalue weighted by Gasteiger charge is 2.44. The first-order chi connectivity index (χ1) is 11.5. The molecule has 2 fully saturated rings. The average Bonchev–Trinajstić information content (AvgIpc) is 2.89. The number of nitrogens with zero attached hydrogens (tertiary/aromatic N) is 2. The van der Waals surface area contributed by atoms with Crippen molar-refractivity contribution in [2.75, 3.05) is 27.2 Å². The van der Waals surface area contributed by atoms with Crippen molar-refractivity contribution in [2.45, 2.75) is 25.8 Å². The van der Waals surface area contributed by atoms with Crippen LogP contribution in [0.4, 0.5) is 0 Å². The van der Waals surface area contributed by atoms with Crippen LogP contribution in [0.5, 0.6) is 5.75 Å². The van der Waals surface area contributed by atoms with Crippen LogP contribution in [-0.4, -0.2) is 54.9 Å². The molecule has 128 valence electrons. The van der Waals surface area contributed by atoms with E-state index in [-0.39, 0.29) is 23.8 Å². The SMILES string of the molecule is COc1ccccc1/C(C)=C/C(=O)N1CCC[C@H]2C(=O)N(C)C[C@H]21. The van der Waals surface area contributed by atoms with Gasteiger partial charge in [0.15, 0.2) is 0 Å². The van der Waals surface area contributed by atoms with E-state index in [0.29, 0.717) is 6.54 Å². The van der Waals surface area contributed by atoms with Gasteiger partial charge in [0, 0.05) is 31.8 Å². The van der Waals surface area contributed by atoms with Crippen molar-refractivity contribution in [1.29, 1.82) is 0 Å². The number of hydrogen-bond acceptors (Lipinski definition) is 3. The van der Waals surface area contributed by atoms with Gasteiger partial charge in [0.25, 0.3) is 0 Å². The molecule has 0 N–H and O–H groups in total. The van der Waals surface area contributed by atoms with E-state index in [0.717, 1.165) is 36.3 Å². The zero-order valence-electron chi connectivity index (χ0n) is 14.5. The molecule has 5 nitrogen and oxygen atoms in total. The van der Waals surface area contributed by atoms with Gasteiger partial charge < -0.3 is 14.5 Å². The maximum absolute atomic E-state index is 12.8. The van der Waals surface area contributed by atoms with Gasteiger partial charge in [-0.1, -0.05) is 18.2 Å². The summed E-state index contributed by atoms with van der Waals surface area (Å²) in [6.07, 6.45) is 3.43. The Bertz CT molecular complexity index is 683. The molecule has 0 saturated carbocycles. The van der Waals surface area contributed by atoms with Crippen LogP contribution in [0.25, 0.3) is 5.57 Å². The number of piperidine rings is 1. The minimum Gasteiger partial charge on any atom is -0.496 e. The molecule has 2 atom stereocenters. The molecule has 2 heterocycles. The number of likely N-dealkylation sites (tertiary alicyclic amines) is 2. The van der Waals surface area contributed by atoms with Crippen molar-refractivity contribution < 1.29 is 14.3 Å². The lowest BCUT2D eigenvalue weighted by molar-refractivity contribution is -0.133. The number of allylic oxidation sites excluding steroid dienone is 1. The minimum atomic E-state index is -0.0346. The number of methoxy groups -OCH3 is 1. The summed E-state index contributed by atoms with van der Waals surface area (Å²) in [5.74, 6) is 0.873. The fourth-order valence-corrected chi connectivity index (χ4v) is 3.81. The van der Waals surface area contributed by atoms with E-state index in [9.17, 15) is 9.59 Å². The highest BCUT2D eigenvalue weighted by atomic mass is 16.5. The number of ether oxygens (including phenoxy) is 1. The Labute approximate surface area is 142 Å². The van der Waals surface area contributed by atoms with Gasteiger partial charge in [-0.25, -0.2) is 0 Å². The first-order valence-corrected chi connectivity index (χ1v) is 8.40. The summed E-state index contributed by atoms with van der Waals surface area (Å²) in [6, 6.07) is 7.68. The van der Waals surface area contributed by atoms with Gasteiger partial charge in [-0.3, -0.25) is 9.59 Å². The molecule has 24 heavy (non-hydrogen) atoms. The van der Waals surface area contributed by atoms with Crippen molar-refractivity contribution in [3.63, 3.8) is 0 Å². The van der Waals surface area contributed by atoms with Crippen molar-refractivity contribution in [2.24, 2.45) is 5.92 Å². The normalized spacial score (nSPS) is 24.1. The number of hydrogen-bond donors (Lipinski definition) is 0. The fraction of sp³-hybridized carbons (Fsp3) is 0.474. The molecule has 0 aliphatic carbocycles. The van der Waals surface area contributed by atoms with E-state index in [1.807, 2.05) is 43.1 Å². The van der Waals surface area contributed by atoms with Gasteiger partial charge >= 0.3 is 0 Å². The average molecular weight is 328 g/mol. The molecule has 0 spiro atoms. The zero-order valence-corrected chi connectivity index (χ0v) is 14.5. The van der Waals surface area contributed by atoms with Crippen LogP contribution in [0.2, 0.25) is 0 Å². The smallest absolute Gasteiger partial charge is 0.247 e. The summed E-state index contributed by atoms with van der Waals surface area (Å²) in [7, 11) is 3.45. The second-order valence-electron chi connectivity index (χ2n) is 6.59. The largest absolute Gasteiger partial charge is 0.496 e. The third-order valence-electron chi connectivity index (χ3n) is 5.09.